The maximum Gasteiger partial charge on any atom is 0.255 e. The molecule has 2 heterocycles. The van der Waals surface area contributed by atoms with Gasteiger partial charge in [0.25, 0.3) is 5.91 Å². The number of imide groups is 1. The molecule has 1 saturated heterocycles. The van der Waals surface area contributed by atoms with E-state index in [1.54, 1.807) is 18.2 Å². The van der Waals surface area contributed by atoms with Crippen molar-refractivity contribution in [3.8, 4) is 0 Å². The molecule has 0 aromatic heterocycles. The predicted octanol–water partition coefficient (Wildman–Crippen LogP) is 0.123. The number of primary amides is 1. The Morgan fingerprint density at radius 3 is 2.80 bits per heavy atom. The van der Waals surface area contributed by atoms with Gasteiger partial charge in [-0.15, -0.1) is 0 Å². The van der Waals surface area contributed by atoms with Gasteiger partial charge >= 0.3 is 0 Å². The van der Waals surface area contributed by atoms with Gasteiger partial charge < -0.3 is 16.0 Å². The monoisotopic (exact) mass is 344 g/mol. The van der Waals surface area contributed by atoms with Crippen molar-refractivity contribution in [3.63, 3.8) is 0 Å². The van der Waals surface area contributed by atoms with Crippen LogP contribution in [0.3, 0.4) is 0 Å². The Morgan fingerprint density at radius 2 is 2.16 bits per heavy atom. The first-order chi connectivity index (χ1) is 11.9. The summed E-state index contributed by atoms with van der Waals surface area (Å²) in [7, 11) is 0. The predicted molar refractivity (Wildman–Crippen MR) is 89.4 cm³/mol. The van der Waals surface area contributed by atoms with E-state index in [0.29, 0.717) is 24.1 Å². The number of piperidine rings is 1. The Kier molecular flexibility index (Phi) is 4.43. The fraction of sp³-hybridized carbons (Fsp3) is 0.412. The van der Waals surface area contributed by atoms with E-state index >= 15 is 0 Å². The van der Waals surface area contributed by atoms with Crippen LogP contribution in [-0.4, -0.2) is 40.6 Å². The number of hydrogen-bond acceptors (Lipinski definition) is 5. The minimum atomic E-state index is -0.663. The Morgan fingerprint density at radius 1 is 1.40 bits per heavy atom. The molecule has 0 radical (unpaired) electrons. The number of nitrogens with one attached hydrogen (secondary N) is 2. The highest BCUT2D eigenvalue weighted by molar-refractivity contribution is 6.06. The van der Waals surface area contributed by atoms with Gasteiger partial charge in [0.1, 0.15) is 12.1 Å². The lowest BCUT2D eigenvalue weighted by Gasteiger charge is -2.29. The van der Waals surface area contributed by atoms with Crippen LogP contribution in [0, 0.1) is 0 Å². The Bertz CT molecular complexity index is 761. The van der Waals surface area contributed by atoms with Gasteiger partial charge in [-0.25, -0.2) is 0 Å². The summed E-state index contributed by atoms with van der Waals surface area (Å²) in [6.45, 7) is 2.09. The van der Waals surface area contributed by atoms with E-state index < -0.39 is 23.9 Å². The van der Waals surface area contributed by atoms with Crippen molar-refractivity contribution >= 4 is 29.3 Å². The van der Waals surface area contributed by atoms with Crippen molar-refractivity contribution in [2.24, 2.45) is 5.73 Å². The van der Waals surface area contributed by atoms with Gasteiger partial charge in [-0.05, 0) is 25.0 Å². The SMILES string of the molecule is CCC(Nc1cccc2c1CN(C1CCC(=O)NC1=O)C2=O)C(N)=O. The van der Waals surface area contributed by atoms with E-state index in [-0.39, 0.29) is 24.8 Å². The van der Waals surface area contributed by atoms with Crippen LogP contribution < -0.4 is 16.4 Å². The molecule has 132 valence electrons. The summed E-state index contributed by atoms with van der Waals surface area (Å²) >= 11 is 0. The van der Waals surface area contributed by atoms with Gasteiger partial charge in [0.15, 0.2) is 0 Å². The third-order valence-corrected chi connectivity index (χ3v) is 4.66. The standard InChI is InChI=1S/C17H20N4O4/c1-2-11(15(18)23)19-12-5-3-4-9-10(12)8-21(17(9)25)13-6-7-14(22)20-16(13)24/h3-5,11,13,19H,2,6-8H2,1H3,(H2,18,23)(H,20,22,24). The molecule has 8 nitrogen and oxygen atoms in total. The summed E-state index contributed by atoms with van der Waals surface area (Å²) in [4.78, 5) is 49.1. The minimum absolute atomic E-state index is 0.210. The number of fused-ring (bicyclic) bond motifs is 1. The Hall–Kier alpha value is -2.90. The fourth-order valence-electron chi connectivity index (χ4n) is 3.28. The second-order valence-corrected chi connectivity index (χ2v) is 6.24. The second-order valence-electron chi connectivity index (χ2n) is 6.24. The number of nitrogens with zero attached hydrogens (tertiary/aromatic N) is 1. The van der Waals surface area contributed by atoms with Crippen LogP contribution in [0.15, 0.2) is 18.2 Å². The molecule has 0 saturated carbocycles. The van der Waals surface area contributed by atoms with Crippen LogP contribution in [0.25, 0.3) is 0 Å². The van der Waals surface area contributed by atoms with Crippen molar-refractivity contribution in [1.82, 2.24) is 10.2 Å². The molecule has 4 N–H and O–H groups in total. The first kappa shape index (κ1) is 16.9. The molecule has 1 aromatic carbocycles. The van der Waals surface area contributed by atoms with Crippen molar-refractivity contribution in [1.29, 1.82) is 0 Å². The molecule has 2 aliphatic rings. The van der Waals surface area contributed by atoms with Crippen LogP contribution in [0.5, 0.6) is 0 Å². The largest absolute Gasteiger partial charge is 0.373 e. The second kappa shape index (κ2) is 6.54. The average Bonchev–Trinajstić information content (AvgIpc) is 2.90. The lowest BCUT2D eigenvalue weighted by atomic mass is 10.0. The van der Waals surface area contributed by atoms with Crippen LogP contribution in [0.4, 0.5) is 5.69 Å². The molecule has 0 bridgehead atoms. The quantitative estimate of drug-likeness (QED) is 0.655. The molecule has 0 aliphatic carbocycles. The fourth-order valence-corrected chi connectivity index (χ4v) is 3.28. The van der Waals surface area contributed by atoms with E-state index in [1.165, 1.54) is 4.90 Å². The van der Waals surface area contributed by atoms with Gasteiger partial charge in [0.05, 0.1) is 0 Å². The van der Waals surface area contributed by atoms with Gasteiger partial charge in [0, 0.05) is 29.8 Å². The zero-order chi connectivity index (χ0) is 18.1. The number of carbonyl (C=O) groups is 4. The Balaban J connectivity index is 1.86. The van der Waals surface area contributed by atoms with E-state index in [9.17, 15) is 19.2 Å². The summed E-state index contributed by atoms with van der Waals surface area (Å²) < 4.78 is 0. The number of carbonyl (C=O) groups excluding carboxylic acids is 4. The molecule has 0 spiro atoms. The van der Waals surface area contributed by atoms with Crippen molar-refractivity contribution < 1.29 is 19.2 Å². The molecule has 1 aromatic rings. The molecular formula is C17H20N4O4. The van der Waals surface area contributed by atoms with E-state index in [2.05, 4.69) is 10.6 Å². The summed E-state index contributed by atoms with van der Waals surface area (Å²) in [5.41, 5.74) is 7.27. The summed E-state index contributed by atoms with van der Waals surface area (Å²) in [5.74, 6) is -1.48. The number of nitrogens with two attached hydrogens (primary N) is 1. The molecule has 3 rings (SSSR count). The number of amides is 4. The number of rotatable bonds is 5. The molecular weight excluding hydrogens is 324 g/mol. The summed E-state index contributed by atoms with van der Waals surface area (Å²) in [6, 6.07) is 4.00. The normalized spacial score (nSPS) is 20.9. The number of hydrogen-bond donors (Lipinski definition) is 3. The zero-order valence-corrected chi connectivity index (χ0v) is 13.9. The third-order valence-electron chi connectivity index (χ3n) is 4.66. The minimum Gasteiger partial charge on any atom is -0.373 e. The van der Waals surface area contributed by atoms with Gasteiger partial charge in [-0.2, -0.15) is 0 Å². The van der Waals surface area contributed by atoms with Crippen LogP contribution >= 0.6 is 0 Å². The maximum absolute atomic E-state index is 12.7. The smallest absolute Gasteiger partial charge is 0.255 e. The van der Waals surface area contributed by atoms with Crippen LogP contribution in [-0.2, 0) is 20.9 Å². The summed E-state index contributed by atoms with van der Waals surface area (Å²) in [6.07, 6.45) is 1.04. The molecule has 2 atom stereocenters. The number of benzene rings is 1. The third kappa shape index (κ3) is 3.07. The first-order valence-electron chi connectivity index (χ1n) is 8.24. The van der Waals surface area contributed by atoms with Gasteiger partial charge in [-0.3, -0.25) is 24.5 Å². The van der Waals surface area contributed by atoms with Crippen LogP contribution in [0.2, 0.25) is 0 Å². The summed E-state index contributed by atoms with van der Waals surface area (Å²) in [5, 5.41) is 5.36. The van der Waals surface area contributed by atoms with Crippen molar-refractivity contribution in [2.45, 2.75) is 44.8 Å². The van der Waals surface area contributed by atoms with E-state index in [0.717, 1.165) is 5.56 Å². The van der Waals surface area contributed by atoms with Gasteiger partial charge in [-0.1, -0.05) is 13.0 Å². The highest BCUT2D eigenvalue weighted by Gasteiger charge is 2.40. The van der Waals surface area contributed by atoms with Crippen LogP contribution in [0.1, 0.15) is 42.1 Å². The van der Waals surface area contributed by atoms with Gasteiger partial charge in [0.2, 0.25) is 17.7 Å². The Labute approximate surface area is 144 Å². The molecule has 4 amide bonds. The molecule has 8 heteroatoms. The average molecular weight is 344 g/mol. The van der Waals surface area contributed by atoms with Crippen molar-refractivity contribution in [2.75, 3.05) is 5.32 Å². The molecule has 2 aliphatic heterocycles. The zero-order valence-electron chi connectivity index (χ0n) is 13.9. The van der Waals surface area contributed by atoms with E-state index in [1.807, 2.05) is 6.92 Å². The number of anilines is 1. The van der Waals surface area contributed by atoms with Crippen molar-refractivity contribution in [3.05, 3.63) is 29.3 Å². The maximum atomic E-state index is 12.7. The molecule has 1 fully saturated rings. The van der Waals surface area contributed by atoms with E-state index in [4.69, 9.17) is 5.73 Å². The highest BCUT2D eigenvalue weighted by atomic mass is 16.2. The lowest BCUT2D eigenvalue weighted by Crippen LogP contribution is -2.52. The highest BCUT2D eigenvalue weighted by Crippen LogP contribution is 2.32. The molecule has 25 heavy (non-hydrogen) atoms. The topological polar surface area (TPSA) is 122 Å². The first-order valence-corrected chi connectivity index (χ1v) is 8.24. The lowest BCUT2D eigenvalue weighted by molar-refractivity contribution is -0.137. The molecule has 2 unspecified atom stereocenters.